The van der Waals surface area contributed by atoms with E-state index in [0.717, 1.165) is 12.8 Å². The molecule has 0 amide bonds. The Morgan fingerprint density at radius 1 is 1.42 bits per heavy atom. The SMILES string of the molecule is C=C1CCC(=O)C1C1CC1(C)C. The molecular formula is C11H16O. The van der Waals surface area contributed by atoms with Crippen LogP contribution in [0.15, 0.2) is 12.2 Å². The summed E-state index contributed by atoms with van der Waals surface area (Å²) in [6, 6.07) is 0. The number of allylic oxidation sites excluding steroid dienone is 1. The third-order valence-corrected chi connectivity index (χ3v) is 3.47. The first-order valence-corrected chi connectivity index (χ1v) is 4.73. The van der Waals surface area contributed by atoms with Gasteiger partial charge in [-0.1, -0.05) is 26.0 Å². The van der Waals surface area contributed by atoms with Gasteiger partial charge in [-0.2, -0.15) is 0 Å². The molecule has 2 unspecified atom stereocenters. The van der Waals surface area contributed by atoms with Gasteiger partial charge in [0.05, 0.1) is 0 Å². The molecule has 0 heterocycles. The summed E-state index contributed by atoms with van der Waals surface area (Å²) in [5, 5.41) is 0. The van der Waals surface area contributed by atoms with E-state index >= 15 is 0 Å². The van der Waals surface area contributed by atoms with E-state index in [9.17, 15) is 4.79 Å². The summed E-state index contributed by atoms with van der Waals surface area (Å²) in [4.78, 5) is 11.5. The number of Topliss-reactive ketones (excluding diaryl/α,β-unsaturated/α-hetero) is 1. The quantitative estimate of drug-likeness (QED) is 0.544. The summed E-state index contributed by atoms with van der Waals surface area (Å²) in [5.41, 5.74) is 1.60. The van der Waals surface area contributed by atoms with Crippen molar-refractivity contribution in [3.8, 4) is 0 Å². The molecule has 66 valence electrons. The third kappa shape index (κ3) is 1.03. The second kappa shape index (κ2) is 2.21. The van der Waals surface area contributed by atoms with Gasteiger partial charge in [-0.15, -0.1) is 0 Å². The lowest BCUT2D eigenvalue weighted by molar-refractivity contribution is -0.120. The Balaban J connectivity index is 2.14. The normalized spacial score (nSPS) is 38.8. The highest BCUT2D eigenvalue weighted by atomic mass is 16.1. The summed E-state index contributed by atoms with van der Waals surface area (Å²) in [7, 11) is 0. The lowest BCUT2D eigenvalue weighted by Crippen LogP contribution is -2.13. The summed E-state index contributed by atoms with van der Waals surface area (Å²) in [5.74, 6) is 1.27. The molecule has 0 aromatic carbocycles. The number of carbonyl (C=O) groups is 1. The van der Waals surface area contributed by atoms with Crippen LogP contribution in [0.3, 0.4) is 0 Å². The molecule has 2 aliphatic rings. The molecule has 0 aliphatic heterocycles. The molecule has 0 spiro atoms. The molecule has 2 aliphatic carbocycles. The van der Waals surface area contributed by atoms with Crippen LogP contribution < -0.4 is 0 Å². The van der Waals surface area contributed by atoms with Gasteiger partial charge in [-0.05, 0) is 24.2 Å². The lowest BCUT2D eigenvalue weighted by Gasteiger charge is -2.11. The van der Waals surface area contributed by atoms with E-state index in [1.54, 1.807) is 0 Å². The molecule has 0 bridgehead atoms. The molecule has 0 aromatic rings. The van der Waals surface area contributed by atoms with Gasteiger partial charge in [0.15, 0.2) is 0 Å². The maximum Gasteiger partial charge on any atom is 0.140 e. The Labute approximate surface area is 73.8 Å². The predicted molar refractivity (Wildman–Crippen MR) is 48.8 cm³/mol. The van der Waals surface area contributed by atoms with E-state index in [1.165, 1.54) is 12.0 Å². The van der Waals surface area contributed by atoms with Gasteiger partial charge in [0.1, 0.15) is 5.78 Å². The number of carbonyl (C=O) groups excluding carboxylic acids is 1. The van der Waals surface area contributed by atoms with Gasteiger partial charge in [0.2, 0.25) is 0 Å². The second-order valence-electron chi connectivity index (χ2n) is 4.90. The minimum atomic E-state index is 0.222. The Bertz CT molecular complexity index is 234. The molecule has 12 heavy (non-hydrogen) atoms. The van der Waals surface area contributed by atoms with Gasteiger partial charge in [0.25, 0.3) is 0 Å². The van der Waals surface area contributed by atoms with Crippen molar-refractivity contribution in [2.24, 2.45) is 17.3 Å². The van der Waals surface area contributed by atoms with E-state index < -0.39 is 0 Å². The molecule has 2 fully saturated rings. The maximum atomic E-state index is 11.5. The smallest absolute Gasteiger partial charge is 0.140 e. The molecule has 0 radical (unpaired) electrons. The van der Waals surface area contributed by atoms with E-state index in [2.05, 4.69) is 20.4 Å². The van der Waals surface area contributed by atoms with E-state index in [0.29, 0.717) is 17.1 Å². The average Bonchev–Trinajstić information content (AvgIpc) is 2.42. The highest BCUT2D eigenvalue weighted by Gasteiger charge is 2.53. The number of hydrogen-bond donors (Lipinski definition) is 0. The zero-order valence-electron chi connectivity index (χ0n) is 7.89. The standard InChI is InChI=1S/C11H16O/c1-7-4-5-9(12)10(7)8-6-11(8,2)3/h8,10H,1,4-6H2,2-3H3. The minimum Gasteiger partial charge on any atom is -0.299 e. The van der Waals surface area contributed by atoms with Gasteiger partial charge >= 0.3 is 0 Å². The van der Waals surface area contributed by atoms with Crippen LogP contribution in [0.1, 0.15) is 33.1 Å². The van der Waals surface area contributed by atoms with Gasteiger partial charge in [-0.25, -0.2) is 0 Å². The van der Waals surface area contributed by atoms with Crippen LogP contribution in [-0.2, 0) is 4.79 Å². The highest BCUT2D eigenvalue weighted by Crippen LogP contribution is 2.59. The summed E-state index contributed by atoms with van der Waals surface area (Å²) in [6.45, 7) is 8.49. The van der Waals surface area contributed by atoms with Crippen LogP contribution in [0.4, 0.5) is 0 Å². The van der Waals surface area contributed by atoms with E-state index in [1.807, 2.05) is 0 Å². The summed E-state index contributed by atoms with van der Waals surface area (Å²) in [6.07, 6.45) is 2.90. The van der Waals surface area contributed by atoms with Crippen molar-refractivity contribution in [3.05, 3.63) is 12.2 Å². The van der Waals surface area contributed by atoms with Gasteiger partial charge in [-0.3, -0.25) is 4.79 Å². The fraction of sp³-hybridized carbons (Fsp3) is 0.727. The van der Waals surface area contributed by atoms with Crippen molar-refractivity contribution in [1.82, 2.24) is 0 Å². The average molecular weight is 164 g/mol. The van der Waals surface area contributed by atoms with Crippen LogP contribution in [0.25, 0.3) is 0 Å². The second-order valence-corrected chi connectivity index (χ2v) is 4.90. The molecule has 0 saturated heterocycles. The number of ketones is 1. The van der Waals surface area contributed by atoms with Crippen molar-refractivity contribution in [2.75, 3.05) is 0 Å². The fourth-order valence-corrected chi connectivity index (χ4v) is 2.41. The van der Waals surface area contributed by atoms with E-state index in [-0.39, 0.29) is 5.92 Å². The molecule has 2 rings (SSSR count). The molecule has 0 N–H and O–H groups in total. The number of hydrogen-bond acceptors (Lipinski definition) is 1. The summed E-state index contributed by atoms with van der Waals surface area (Å²) < 4.78 is 0. The minimum absolute atomic E-state index is 0.222. The van der Waals surface area contributed by atoms with E-state index in [4.69, 9.17) is 0 Å². The maximum absolute atomic E-state index is 11.5. The Morgan fingerprint density at radius 2 is 2.00 bits per heavy atom. The molecule has 1 nitrogen and oxygen atoms in total. The molecular weight excluding hydrogens is 148 g/mol. The first-order chi connectivity index (χ1) is 5.52. The topological polar surface area (TPSA) is 17.1 Å². The van der Waals surface area contributed by atoms with Crippen molar-refractivity contribution in [1.29, 1.82) is 0 Å². The molecule has 0 aromatic heterocycles. The first kappa shape index (κ1) is 8.03. The molecule has 1 heteroatoms. The molecule has 2 atom stereocenters. The van der Waals surface area contributed by atoms with Crippen LogP contribution in [-0.4, -0.2) is 5.78 Å². The van der Waals surface area contributed by atoms with Crippen molar-refractivity contribution in [2.45, 2.75) is 33.1 Å². The van der Waals surface area contributed by atoms with Gasteiger partial charge < -0.3 is 0 Å². The highest BCUT2D eigenvalue weighted by molar-refractivity contribution is 5.87. The zero-order chi connectivity index (χ0) is 8.93. The fourth-order valence-electron chi connectivity index (χ4n) is 2.41. The monoisotopic (exact) mass is 164 g/mol. The Hall–Kier alpha value is -0.590. The Morgan fingerprint density at radius 3 is 2.33 bits per heavy atom. The van der Waals surface area contributed by atoms with Crippen molar-refractivity contribution < 1.29 is 4.79 Å². The summed E-state index contributed by atoms with van der Waals surface area (Å²) >= 11 is 0. The van der Waals surface area contributed by atoms with Crippen molar-refractivity contribution >= 4 is 5.78 Å². The number of rotatable bonds is 1. The van der Waals surface area contributed by atoms with Gasteiger partial charge in [0, 0.05) is 12.3 Å². The lowest BCUT2D eigenvalue weighted by atomic mass is 9.92. The Kier molecular flexibility index (Phi) is 1.48. The van der Waals surface area contributed by atoms with Crippen molar-refractivity contribution in [3.63, 3.8) is 0 Å². The van der Waals surface area contributed by atoms with Crippen LogP contribution >= 0.6 is 0 Å². The zero-order valence-corrected chi connectivity index (χ0v) is 7.89. The first-order valence-electron chi connectivity index (χ1n) is 4.73. The largest absolute Gasteiger partial charge is 0.299 e. The predicted octanol–water partition coefficient (Wildman–Crippen LogP) is 2.57. The van der Waals surface area contributed by atoms with Crippen LogP contribution in [0, 0.1) is 17.3 Å². The third-order valence-electron chi connectivity index (χ3n) is 3.47. The molecule has 2 saturated carbocycles. The van der Waals surface area contributed by atoms with Crippen LogP contribution in [0.2, 0.25) is 0 Å². The van der Waals surface area contributed by atoms with Crippen LogP contribution in [0.5, 0.6) is 0 Å².